The topological polar surface area (TPSA) is 15.3 Å². The number of hydrogen-bond acceptors (Lipinski definition) is 2. The lowest BCUT2D eigenvalue weighted by atomic mass is 9.73. The van der Waals surface area contributed by atoms with Crippen LogP contribution in [0.2, 0.25) is 0 Å². The Balaban J connectivity index is 1.59. The highest BCUT2D eigenvalue weighted by Gasteiger charge is 2.49. The molecule has 90 valence electrons. The molecule has 4 atom stereocenters. The zero-order valence-corrected chi connectivity index (χ0v) is 10.2. The molecule has 0 amide bonds. The molecule has 1 N–H and O–H groups in total. The lowest BCUT2D eigenvalue weighted by Gasteiger charge is -2.60. The maximum atomic E-state index is 3.83. The fraction of sp³-hybridized carbons (Fsp3) is 0.600. The van der Waals surface area contributed by atoms with Gasteiger partial charge in [-0.2, -0.15) is 0 Å². The molecule has 5 aliphatic rings. The lowest BCUT2D eigenvalue weighted by Crippen LogP contribution is -2.73. The minimum Gasteiger partial charge on any atom is -0.308 e. The minimum atomic E-state index is 0.780. The molecule has 0 saturated carbocycles. The Hall–Kier alpha value is -0.860. The van der Waals surface area contributed by atoms with E-state index in [-0.39, 0.29) is 0 Å². The average Bonchev–Trinajstić information content (AvgIpc) is 2.40. The molecule has 2 heteroatoms. The maximum absolute atomic E-state index is 3.83. The number of hydrogen-bond donors (Lipinski definition) is 1. The first kappa shape index (κ1) is 10.1. The van der Waals surface area contributed by atoms with Gasteiger partial charge in [0.15, 0.2) is 0 Å². The van der Waals surface area contributed by atoms with E-state index >= 15 is 0 Å². The summed E-state index contributed by atoms with van der Waals surface area (Å²) in [6.45, 7) is 1.16. The number of nitrogens with zero attached hydrogens (tertiary/aromatic N) is 1. The monoisotopic (exact) mass is 228 g/mol. The summed E-state index contributed by atoms with van der Waals surface area (Å²) in [5, 5.41) is 3.83. The molecule has 1 aromatic carbocycles. The van der Waals surface area contributed by atoms with Crippen molar-refractivity contribution in [1.82, 2.24) is 10.2 Å². The minimum absolute atomic E-state index is 0.780. The van der Waals surface area contributed by atoms with Crippen molar-refractivity contribution in [3.63, 3.8) is 0 Å². The summed E-state index contributed by atoms with van der Waals surface area (Å²) < 4.78 is 0. The summed E-state index contributed by atoms with van der Waals surface area (Å²) in [5.41, 5.74) is 1.48. The summed E-state index contributed by atoms with van der Waals surface area (Å²) >= 11 is 0. The van der Waals surface area contributed by atoms with Crippen molar-refractivity contribution in [2.24, 2.45) is 0 Å². The van der Waals surface area contributed by atoms with Crippen LogP contribution in [0.1, 0.15) is 31.2 Å². The first-order valence-corrected chi connectivity index (χ1v) is 6.97. The second-order valence-electron chi connectivity index (χ2n) is 5.83. The highest BCUT2D eigenvalue weighted by molar-refractivity contribution is 5.17. The third-order valence-electron chi connectivity index (χ3n) is 4.96. The molecule has 4 bridgehead atoms. The zero-order chi connectivity index (χ0) is 11.2. The Bertz CT molecular complexity index is 385. The van der Waals surface area contributed by atoms with Gasteiger partial charge in [0.2, 0.25) is 0 Å². The third kappa shape index (κ3) is 1.54. The SMILES string of the molecule is c1ccc(CN2[C@@H]3CC[C@@H]4N[C@@H]3CC[C@@H]42)cc1. The van der Waals surface area contributed by atoms with E-state index < -0.39 is 0 Å². The van der Waals surface area contributed by atoms with Gasteiger partial charge in [-0.1, -0.05) is 30.3 Å². The average molecular weight is 228 g/mol. The van der Waals surface area contributed by atoms with Crippen LogP contribution < -0.4 is 5.32 Å². The van der Waals surface area contributed by atoms with Gasteiger partial charge in [-0.05, 0) is 31.2 Å². The predicted octanol–water partition coefficient (Wildman–Crippen LogP) is 2.15. The van der Waals surface area contributed by atoms with E-state index in [0.29, 0.717) is 0 Å². The van der Waals surface area contributed by atoms with E-state index in [1.807, 2.05) is 0 Å². The van der Waals surface area contributed by atoms with E-state index in [9.17, 15) is 0 Å². The van der Waals surface area contributed by atoms with Crippen LogP contribution in [-0.2, 0) is 6.54 Å². The summed E-state index contributed by atoms with van der Waals surface area (Å²) in [6, 6.07) is 14.1. The maximum Gasteiger partial charge on any atom is 0.0257 e. The second kappa shape index (κ2) is 3.82. The molecular weight excluding hydrogens is 208 g/mol. The summed E-state index contributed by atoms with van der Waals surface area (Å²) in [4.78, 5) is 2.79. The molecule has 0 unspecified atom stereocenters. The van der Waals surface area contributed by atoms with Gasteiger partial charge < -0.3 is 5.32 Å². The van der Waals surface area contributed by atoms with Gasteiger partial charge in [0.1, 0.15) is 0 Å². The van der Waals surface area contributed by atoms with E-state index in [1.165, 1.54) is 31.2 Å². The van der Waals surface area contributed by atoms with Crippen LogP contribution in [0.4, 0.5) is 0 Å². The Labute approximate surface area is 103 Å². The molecule has 17 heavy (non-hydrogen) atoms. The Morgan fingerprint density at radius 1 is 0.941 bits per heavy atom. The van der Waals surface area contributed by atoms with Crippen LogP contribution in [0.15, 0.2) is 30.3 Å². The van der Waals surface area contributed by atoms with Crippen LogP contribution in [0.3, 0.4) is 0 Å². The number of benzene rings is 1. The van der Waals surface area contributed by atoms with Crippen molar-refractivity contribution >= 4 is 0 Å². The van der Waals surface area contributed by atoms with Gasteiger partial charge >= 0.3 is 0 Å². The van der Waals surface area contributed by atoms with Gasteiger partial charge in [0, 0.05) is 30.7 Å². The van der Waals surface area contributed by atoms with Crippen molar-refractivity contribution in [3.05, 3.63) is 35.9 Å². The fourth-order valence-corrected chi connectivity index (χ4v) is 4.22. The molecule has 0 aliphatic carbocycles. The van der Waals surface area contributed by atoms with Crippen LogP contribution in [-0.4, -0.2) is 29.1 Å². The first-order chi connectivity index (χ1) is 8.42. The van der Waals surface area contributed by atoms with E-state index in [0.717, 1.165) is 30.7 Å². The summed E-state index contributed by atoms with van der Waals surface area (Å²) in [7, 11) is 0. The number of fused-ring (bicyclic) bond motifs is 2. The number of piperidine rings is 4. The molecule has 1 aromatic rings. The molecule has 5 aliphatic heterocycles. The molecule has 6 rings (SSSR count). The quantitative estimate of drug-likeness (QED) is 0.834. The smallest absolute Gasteiger partial charge is 0.0257 e. The number of rotatable bonds is 2. The van der Waals surface area contributed by atoms with Crippen LogP contribution in [0.5, 0.6) is 0 Å². The zero-order valence-electron chi connectivity index (χ0n) is 10.2. The highest BCUT2D eigenvalue weighted by Crippen LogP contribution is 2.40. The van der Waals surface area contributed by atoms with E-state index in [1.54, 1.807) is 0 Å². The van der Waals surface area contributed by atoms with Crippen molar-refractivity contribution < 1.29 is 0 Å². The Kier molecular flexibility index (Phi) is 2.27. The highest BCUT2D eigenvalue weighted by atomic mass is 15.3. The van der Waals surface area contributed by atoms with Crippen molar-refractivity contribution in [1.29, 1.82) is 0 Å². The summed E-state index contributed by atoms with van der Waals surface area (Å²) in [5.74, 6) is 0. The molecule has 2 nitrogen and oxygen atoms in total. The fourth-order valence-electron chi connectivity index (χ4n) is 4.22. The first-order valence-electron chi connectivity index (χ1n) is 6.97. The van der Waals surface area contributed by atoms with E-state index in [2.05, 4.69) is 40.5 Å². The molecule has 5 saturated heterocycles. The van der Waals surface area contributed by atoms with Gasteiger partial charge in [0.05, 0.1) is 0 Å². The molecule has 0 aromatic heterocycles. The second-order valence-corrected chi connectivity index (χ2v) is 5.83. The third-order valence-corrected chi connectivity index (χ3v) is 4.96. The molecule has 0 radical (unpaired) electrons. The van der Waals surface area contributed by atoms with Gasteiger partial charge in [-0.15, -0.1) is 0 Å². The molecule has 5 fully saturated rings. The molecular formula is C15H20N2. The Morgan fingerprint density at radius 3 is 2.24 bits per heavy atom. The predicted molar refractivity (Wildman–Crippen MR) is 68.7 cm³/mol. The number of nitrogens with one attached hydrogen (secondary N) is 1. The van der Waals surface area contributed by atoms with Gasteiger partial charge in [-0.3, -0.25) is 4.90 Å². The van der Waals surface area contributed by atoms with Crippen LogP contribution in [0.25, 0.3) is 0 Å². The number of piperazine rings is 1. The standard InChI is InChI=1S/C15H20N2/c1-2-4-11(5-3-1)10-17-14-8-6-12-15(17)9-7-13(14)16-12/h1-5,12-16H,6-10H2/t12-,13+,14+,15-. The molecule has 0 spiro atoms. The summed E-state index contributed by atoms with van der Waals surface area (Å²) in [6.07, 6.45) is 5.62. The lowest BCUT2D eigenvalue weighted by molar-refractivity contribution is -0.0631. The molecule has 5 heterocycles. The van der Waals surface area contributed by atoms with Gasteiger partial charge in [-0.25, -0.2) is 0 Å². The van der Waals surface area contributed by atoms with E-state index in [4.69, 9.17) is 0 Å². The van der Waals surface area contributed by atoms with Gasteiger partial charge in [0.25, 0.3) is 0 Å². The van der Waals surface area contributed by atoms with Crippen molar-refractivity contribution in [2.75, 3.05) is 0 Å². The van der Waals surface area contributed by atoms with Crippen molar-refractivity contribution in [2.45, 2.75) is 56.4 Å². The van der Waals surface area contributed by atoms with Crippen molar-refractivity contribution in [3.8, 4) is 0 Å². The van der Waals surface area contributed by atoms with Crippen LogP contribution >= 0.6 is 0 Å². The normalized spacial score (nSPS) is 39.8. The largest absolute Gasteiger partial charge is 0.308 e. The van der Waals surface area contributed by atoms with Crippen LogP contribution in [0, 0.1) is 0 Å². The Morgan fingerprint density at radius 2 is 1.59 bits per heavy atom.